The molecule has 0 unspecified atom stereocenters. The van der Waals surface area contributed by atoms with Crippen molar-refractivity contribution in [3.8, 4) is 11.3 Å². The molecule has 0 aliphatic carbocycles. The maximum atomic E-state index is 11.5. The minimum absolute atomic E-state index is 0.0846. The van der Waals surface area contributed by atoms with E-state index in [4.69, 9.17) is 0 Å². The van der Waals surface area contributed by atoms with Crippen molar-refractivity contribution in [3.63, 3.8) is 0 Å². The lowest BCUT2D eigenvalue weighted by atomic mass is 10.1. The van der Waals surface area contributed by atoms with Crippen LogP contribution >= 0.6 is 0 Å². The first-order valence-corrected chi connectivity index (χ1v) is 7.03. The molecular weight excluding hydrogens is 276 g/mol. The van der Waals surface area contributed by atoms with Crippen LogP contribution in [0.1, 0.15) is 15.9 Å². The molecule has 3 aromatic rings. The van der Waals surface area contributed by atoms with Crippen LogP contribution in [-0.2, 0) is 6.54 Å². The lowest BCUT2D eigenvalue weighted by Crippen LogP contribution is -2.17. The number of carbonyl (C=O) groups excluding carboxylic acids is 1. The Kier molecular flexibility index (Phi) is 3.96. The molecule has 0 saturated heterocycles. The molecule has 0 bridgehead atoms. The molecule has 5 heteroatoms. The smallest absolute Gasteiger partial charge is 0.251 e. The number of nitrogens with one attached hydrogen (secondary N) is 1. The van der Waals surface area contributed by atoms with E-state index in [1.165, 1.54) is 0 Å². The van der Waals surface area contributed by atoms with Gasteiger partial charge in [0.1, 0.15) is 5.69 Å². The molecule has 1 heterocycles. The number of amides is 1. The van der Waals surface area contributed by atoms with Gasteiger partial charge in [0.05, 0.1) is 12.7 Å². The van der Waals surface area contributed by atoms with Crippen LogP contribution in [0, 0.1) is 0 Å². The van der Waals surface area contributed by atoms with Crippen molar-refractivity contribution in [2.24, 2.45) is 0 Å². The highest BCUT2D eigenvalue weighted by Crippen LogP contribution is 2.15. The maximum absolute atomic E-state index is 11.5. The third-order valence-electron chi connectivity index (χ3n) is 3.40. The summed E-state index contributed by atoms with van der Waals surface area (Å²) >= 11 is 0. The van der Waals surface area contributed by atoms with E-state index in [9.17, 15) is 4.79 Å². The van der Waals surface area contributed by atoms with Gasteiger partial charge in [-0.2, -0.15) is 0 Å². The van der Waals surface area contributed by atoms with E-state index in [1.54, 1.807) is 11.7 Å². The van der Waals surface area contributed by atoms with Gasteiger partial charge in [0.2, 0.25) is 0 Å². The van der Waals surface area contributed by atoms with Gasteiger partial charge >= 0.3 is 0 Å². The summed E-state index contributed by atoms with van der Waals surface area (Å²) in [6.45, 7) is 0.619. The van der Waals surface area contributed by atoms with E-state index >= 15 is 0 Å². The van der Waals surface area contributed by atoms with Crippen LogP contribution in [0.2, 0.25) is 0 Å². The number of rotatable bonds is 4. The molecule has 0 atom stereocenters. The van der Waals surface area contributed by atoms with Gasteiger partial charge in [0.15, 0.2) is 0 Å². The van der Waals surface area contributed by atoms with Crippen molar-refractivity contribution in [3.05, 3.63) is 71.9 Å². The summed E-state index contributed by atoms with van der Waals surface area (Å²) in [6.07, 6.45) is 1.92. The standard InChI is InChI=1S/C17H16N4O/c1-18-17(22)15-9-7-13(8-10-15)11-21-12-16(19-20-21)14-5-3-2-4-6-14/h2-10,12H,11H2,1H3,(H,18,22). The summed E-state index contributed by atoms with van der Waals surface area (Å²) in [6, 6.07) is 17.4. The van der Waals surface area contributed by atoms with E-state index in [1.807, 2.05) is 60.8 Å². The summed E-state index contributed by atoms with van der Waals surface area (Å²) in [7, 11) is 1.62. The number of carbonyl (C=O) groups is 1. The summed E-state index contributed by atoms with van der Waals surface area (Å²) < 4.78 is 1.79. The Bertz CT molecular complexity index is 763. The zero-order valence-electron chi connectivity index (χ0n) is 12.2. The number of nitrogens with zero attached hydrogens (tertiary/aromatic N) is 3. The highest BCUT2D eigenvalue weighted by molar-refractivity contribution is 5.93. The van der Waals surface area contributed by atoms with Crippen LogP contribution in [0.5, 0.6) is 0 Å². The van der Waals surface area contributed by atoms with Crippen molar-refractivity contribution in [2.45, 2.75) is 6.54 Å². The molecule has 0 spiro atoms. The van der Waals surface area contributed by atoms with Crippen molar-refractivity contribution >= 4 is 5.91 Å². The molecule has 1 aromatic heterocycles. The first-order chi connectivity index (χ1) is 10.8. The topological polar surface area (TPSA) is 59.8 Å². The quantitative estimate of drug-likeness (QED) is 0.803. The Morgan fingerprint density at radius 3 is 2.50 bits per heavy atom. The van der Waals surface area contributed by atoms with Gasteiger partial charge in [0.25, 0.3) is 5.91 Å². The van der Waals surface area contributed by atoms with E-state index < -0.39 is 0 Å². The average molecular weight is 292 g/mol. The summed E-state index contributed by atoms with van der Waals surface area (Å²) in [4.78, 5) is 11.5. The van der Waals surface area contributed by atoms with Crippen LogP contribution in [0.4, 0.5) is 0 Å². The number of aromatic nitrogens is 3. The van der Waals surface area contributed by atoms with Crippen LogP contribution in [0.15, 0.2) is 60.8 Å². The molecule has 0 aliphatic rings. The molecule has 110 valence electrons. The molecule has 1 amide bonds. The molecule has 1 N–H and O–H groups in total. The van der Waals surface area contributed by atoms with Crippen LogP contribution < -0.4 is 5.32 Å². The average Bonchev–Trinajstić information content (AvgIpc) is 3.04. The first kappa shape index (κ1) is 14.0. The molecular formula is C17H16N4O. The highest BCUT2D eigenvalue weighted by Gasteiger charge is 2.05. The van der Waals surface area contributed by atoms with Gasteiger partial charge in [-0.1, -0.05) is 47.7 Å². The van der Waals surface area contributed by atoms with Crippen molar-refractivity contribution in [2.75, 3.05) is 7.05 Å². The molecule has 0 saturated carbocycles. The molecule has 5 nitrogen and oxygen atoms in total. The SMILES string of the molecule is CNC(=O)c1ccc(Cn2cc(-c3ccccc3)nn2)cc1. The lowest BCUT2D eigenvalue weighted by Gasteiger charge is -2.03. The Hall–Kier alpha value is -2.95. The van der Waals surface area contributed by atoms with Gasteiger partial charge < -0.3 is 5.32 Å². The second-order valence-electron chi connectivity index (χ2n) is 4.94. The zero-order valence-corrected chi connectivity index (χ0v) is 12.2. The Balaban J connectivity index is 1.74. The Labute approximate surface area is 128 Å². The van der Waals surface area contributed by atoms with Crippen molar-refractivity contribution in [1.29, 1.82) is 0 Å². The van der Waals surface area contributed by atoms with Gasteiger partial charge in [-0.3, -0.25) is 4.79 Å². The third kappa shape index (κ3) is 3.03. The molecule has 0 fully saturated rings. The summed E-state index contributed by atoms with van der Waals surface area (Å²) in [5, 5.41) is 10.9. The number of benzene rings is 2. The molecule has 0 radical (unpaired) electrons. The van der Waals surface area contributed by atoms with E-state index in [2.05, 4.69) is 15.6 Å². The zero-order chi connectivity index (χ0) is 15.4. The highest BCUT2D eigenvalue weighted by atomic mass is 16.1. The van der Waals surface area contributed by atoms with Crippen molar-refractivity contribution in [1.82, 2.24) is 20.3 Å². The molecule has 22 heavy (non-hydrogen) atoms. The minimum atomic E-state index is -0.0846. The monoisotopic (exact) mass is 292 g/mol. The fourth-order valence-electron chi connectivity index (χ4n) is 2.21. The largest absolute Gasteiger partial charge is 0.355 e. The van der Waals surface area contributed by atoms with E-state index in [-0.39, 0.29) is 5.91 Å². The summed E-state index contributed by atoms with van der Waals surface area (Å²) in [5.41, 5.74) is 3.61. The number of hydrogen-bond acceptors (Lipinski definition) is 3. The van der Waals surface area contributed by atoms with Gasteiger partial charge in [0, 0.05) is 18.2 Å². The minimum Gasteiger partial charge on any atom is -0.355 e. The summed E-state index contributed by atoms with van der Waals surface area (Å²) in [5.74, 6) is -0.0846. The lowest BCUT2D eigenvalue weighted by molar-refractivity contribution is 0.0963. The van der Waals surface area contributed by atoms with Crippen LogP contribution in [-0.4, -0.2) is 27.9 Å². The first-order valence-electron chi connectivity index (χ1n) is 7.03. The van der Waals surface area contributed by atoms with E-state index in [0.29, 0.717) is 12.1 Å². The fourth-order valence-corrected chi connectivity index (χ4v) is 2.21. The predicted molar refractivity (Wildman–Crippen MR) is 84.4 cm³/mol. The van der Waals surface area contributed by atoms with Crippen molar-refractivity contribution < 1.29 is 4.79 Å². The Morgan fingerprint density at radius 2 is 1.82 bits per heavy atom. The second-order valence-corrected chi connectivity index (χ2v) is 4.94. The maximum Gasteiger partial charge on any atom is 0.251 e. The normalized spacial score (nSPS) is 10.4. The van der Waals surface area contributed by atoms with E-state index in [0.717, 1.165) is 16.8 Å². The Morgan fingerprint density at radius 1 is 1.09 bits per heavy atom. The van der Waals surface area contributed by atoms with Gasteiger partial charge in [-0.05, 0) is 17.7 Å². The van der Waals surface area contributed by atoms with Gasteiger partial charge in [-0.15, -0.1) is 5.10 Å². The second kappa shape index (κ2) is 6.22. The predicted octanol–water partition coefficient (Wildman–Crippen LogP) is 2.35. The fraction of sp³-hybridized carbons (Fsp3) is 0.118. The van der Waals surface area contributed by atoms with Gasteiger partial charge in [-0.25, -0.2) is 4.68 Å². The van der Waals surface area contributed by atoms with Crippen LogP contribution in [0.3, 0.4) is 0 Å². The number of hydrogen-bond donors (Lipinski definition) is 1. The third-order valence-corrected chi connectivity index (χ3v) is 3.40. The van der Waals surface area contributed by atoms with Crippen LogP contribution in [0.25, 0.3) is 11.3 Å². The molecule has 3 rings (SSSR count). The molecule has 2 aromatic carbocycles. The molecule has 0 aliphatic heterocycles.